The Bertz CT molecular complexity index is 1590. The van der Waals surface area contributed by atoms with Crippen LogP contribution in [0, 0.1) is 0 Å². The number of amides is 1. The van der Waals surface area contributed by atoms with Gasteiger partial charge in [-0.1, -0.05) is 56.1 Å². The van der Waals surface area contributed by atoms with E-state index in [4.69, 9.17) is 51.3 Å². The van der Waals surface area contributed by atoms with E-state index in [9.17, 15) is 14.7 Å². The zero-order valence-corrected chi connectivity index (χ0v) is 30.5. The third-order valence-electron chi connectivity index (χ3n) is 9.54. The maximum atomic E-state index is 13.4. The number of fused-ring (bicyclic) bond motifs is 1. The van der Waals surface area contributed by atoms with Crippen molar-refractivity contribution in [3.8, 4) is 11.5 Å². The summed E-state index contributed by atoms with van der Waals surface area (Å²) < 4.78 is 36.0. The smallest absolute Gasteiger partial charge is 0.308 e. The van der Waals surface area contributed by atoms with Crippen LogP contribution < -0.4 is 14.8 Å². The summed E-state index contributed by atoms with van der Waals surface area (Å²) in [5.41, 5.74) is 1.36. The zero-order valence-electron chi connectivity index (χ0n) is 28.0. The highest BCUT2D eigenvalue weighted by Gasteiger charge is 2.56. The predicted molar refractivity (Wildman–Crippen MR) is 180 cm³/mol. The molecule has 0 radical (unpaired) electrons. The fraction of sp³-hybridized carbons (Fsp3) is 0.529. The molecule has 4 heterocycles. The average Bonchev–Trinajstić information content (AvgIpc) is 3.42. The molecule has 0 spiro atoms. The number of carbonyl (C=O) groups excluding carboxylic acids is 2. The number of aliphatic hydroxyl groups is 1. The Kier molecular flexibility index (Phi) is 10.1. The maximum Gasteiger partial charge on any atom is 0.308 e. The molecular formula is C34H43Cl2NO9Si. The minimum absolute atomic E-state index is 0.0288. The zero-order chi connectivity index (χ0) is 34.5. The summed E-state index contributed by atoms with van der Waals surface area (Å²) in [7, 11) is 0.560. The van der Waals surface area contributed by atoms with Gasteiger partial charge in [0.15, 0.2) is 25.9 Å². The standard InChI is InChI=1S/C34H43Cl2NO9Si/c1-18(38)37-25-14-28(39)43-16-27(46-47(7,8)33(2,3)4)21-9-10-22-29(30(21)36)23-13-20(44-17-41-5)15-34(23,40)32(22)45-31-24(35)11-19(25)12-26(31)42-6/h9-13,20,25,27,32,40H,14-17H2,1-8H3,(H,37,38)/t20-,25-,27-,32?,34?/m0/s1. The van der Waals surface area contributed by atoms with Crippen molar-refractivity contribution in [3.05, 3.63) is 62.6 Å². The van der Waals surface area contributed by atoms with Crippen LogP contribution >= 0.6 is 23.2 Å². The molecule has 0 aromatic heterocycles. The van der Waals surface area contributed by atoms with Crippen molar-refractivity contribution < 1.29 is 42.8 Å². The van der Waals surface area contributed by atoms with Crippen LogP contribution in [0.2, 0.25) is 28.2 Å². The summed E-state index contributed by atoms with van der Waals surface area (Å²) in [5.74, 6) is -0.468. The molecule has 2 N–H and O–H groups in total. The number of esters is 1. The highest BCUT2D eigenvalue weighted by molar-refractivity contribution is 6.74. The van der Waals surface area contributed by atoms with Crippen LogP contribution in [0.25, 0.3) is 5.57 Å². The molecule has 5 atom stereocenters. The van der Waals surface area contributed by atoms with E-state index in [0.717, 1.165) is 0 Å². The molecule has 4 aliphatic heterocycles. The van der Waals surface area contributed by atoms with Gasteiger partial charge in [-0.25, -0.2) is 0 Å². The number of benzene rings is 2. The van der Waals surface area contributed by atoms with Gasteiger partial charge < -0.3 is 38.5 Å². The molecular weight excluding hydrogens is 665 g/mol. The Labute approximate surface area is 286 Å². The van der Waals surface area contributed by atoms with E-state index < -0.39 is 44.2 Å². The van der Waals surface area contributed by atoms with Gasteiger partial charge in [0.05, 0.1) is 35.7 Å². The van der Waals surface area contributed by atoms with E-state index in [1.165, 1.54) is 21.1 Å². The van der Waals surface area contributed by atoms with Gasteiger partial charge in [-0.15, -0.1) is 0 Å². The first-order chi connectivity index (χ1) is 22.0. The Morgan fingerprint density at radius 2 is 1.87 bits per heavy atom. The number of halogens is 2. The van der Waals surface area contributed by atoms with Gasteiger partial charge in [-0.05, 0) is 47.5 Å². The van der Waals surface area contributed by atoms with Crippen LogP contribution in [0.1, 0.15) is 81.0 Å². The summed E-state index contributed by atoms with van der Waals surface area (Å²) in [6.07, 6.45) is -0.316. The maximum absolute atomic E-state index is 13.4. The topological polar surface area (TPSA) is 122 Å². The number of rotatable bonds is 7. The van der Waals surface area contributed by atoms with E-state index in [1.807, 2.05) is 18.2 Å². The summed E-state index contributed by atoms with van der Waals surface area (Å²) >= 11 is 14.1. The van der Waals surface area contributed by atoms with Gasteiger partial charge in [0, 0.05) is 37.1 Å². The number of hydrogen-bond donors (Lipinski definition) is 2. The molecule has 6 aliphatic rings. The summed E-state index contributed by atoms with van der Waals surface area (Å²) in [5, 5.41) is 15.6. The Morgan fingerprint density at radius 1 is 1.17 bits per heavy atom. The third-order valence-corrected chi connectivity index (χ3v) is 14.7. The van der Waals surface area contributed by atoms with E-state index >= 15 is 0 Å². The molecule has 1 amide bonds. The van der Waals surface area contributed by atoms with Crippen LogP contribution in [0.3, 0.4) is 0 Å². The number of ether oxygens (including phenoxy) is 5. The molecule has 2 unspecified atom stereocenters. The molecule has 13 heteroatoms. The fourth-order valence-electron chi connectivity index (χ4n) is 6.17. The molecule has 10 nitrogen and oxygen atoms in total. The van der Waals surface area contributed by atoms with Crippen molar-refractivity contribution in [2.75, 3.05) is 27.6 Å². The SMILES string of the molecule is COCO[C@H]1C=C2c3c4ccc(c3Cl)[C@@H](O[Si](C)(C)C(C)(C)C)COC(=O)C[C@H](NC(C)=O)c3cc(Cl)c(c(OC)c3)OC4C2(O)C1. The van der Waals surface area contributed by atoms with Crippen LogP contribution in [-0.2, 0) is 28.2 Å². The molecule has 0 fully saturated rings. The van der Waals surface area contributed by atoms with E-state index in [2.05, 4.69) is 39.2 Å². The molecule has 0 saturated carbocycles. The lowest BCUT2D eigenvalue weighted by molar-refractivity contribution is -0.147. The lowest BCUT2D eigenvalue weighted by Crippen LogP contribution is -2.42. The molecule has 2 aromatic carbocycles. The predicted octanol–water partition coefficient (Wildman–Crippen LogP) is 6.83. The highest BCUT2D eigenvalue weighted by Crippen LogP contribution is 2.59. The molecule has 47 heavy (non-hydrogen) atoms. The lowest BCUT2D eigenvalue weighted by atomic mass is 9.93. The first kappa shape index (κ1) is 35.7. The highest BCUT2D eigenvalue weighted by atomic mass is 35.5. The van der Waals surface area contributed by atoms with Crippen LogP contribution in [0.5, 0.6) is 11.5 Å². The number of hydrogen-bond acceptors (Lipinski definition) is 9. The largest absolute Gasteiger partial charge is 0.493 e. The van der Waals surface area contributed by atoms with Crippen LogP contribution in [-0.4, -0.2) is 64.6 Å². The first-order valence-corrected chi connectivity index (χ1v) is 19.2. The van der Waals surface area contributed by atoms with Gasteiger partial charge in [0.2, 0.25) is 5.91 Å². The molecule has 2 aromatic rings. The minimum atomic E-state index is -2.43. The van der Waals surface area contributed by atoms with Gasteiger partial charge >= 0.3 is 5.97 Å². The summed E-state index contributed by atoms with van der Waals surface area (Å²) in [6, 6.07) is 6.17. The summed E-state index contributed by atoms with van der Waals surface area (Å²) in [4.78, 5) is 25.6. The van der Waals surface area contributed by atoms with Crippen molar-refractivity contribution in [2.45, 2.75) is 88.6 Å². The van der Waals surface area contributed by atoms with E-state index in [-0.39, 0.29) is 53.7 Å². The molecule has 8 rings (SSSR count). The second kappa shape index (κ2) is 13.3. The normalized spacial score (nSPS) is 25.7. The average molecular weight is 709 g/mol. The monoisotopic (exact) mass is 707 g/mol. The van der Waals surface area contributed by atoms with Crippen molar-refractivity contribution in [2.24, 2.45) is 0 Å². The van der Waals surface area contributed by atoms with Crippen LogP contribution in [0.4, 0.5) is 0 Å². The van der Waals surface area contributed by atoms with Gasteiger partial charge in [0.1, 0.15) is 25.1 Å². The number of nitrogens with one attached hydrogen (secondary N) is 1. The Morgan fingerprint density at radius 3 is 2.51 bits per heavy atom. The second-order valence-corrected chi connectivity index (χ2v) is 19.3. The molecule has 6 bridgehead atoms. The van der Waals surface area contributed by atoms with Crippen molar-refractivity contribution >= 4 is 49.0 Å². The number of carbonyl (C=O) groups is 2. The Hall–Kier alpha value is -2.64. The quantitative estimate of drug-likeness (QED) is 0.181. The first-order valence-electron chi connectivity index (χ1n) is 15.5. The molecule has 0 saturated heterocycles. The van der Waals surface area contributed by atoms with E-state index in [0.29, 0.717) is 32.8 Å². The van der Waals surface area contributed by atoms with Crippen molar-refractivity contribution in [3.63, 3.8) is 0 Å². The van der Waals surface area contributed by atoms with Crippen LogP contribution in [0.15, 0.2) is 30.3 Å². The van der Waals surface area contributed by atoms with E-state index in [1.54, 1.807) is 12.1 Å². The Balaban J connectivity index is 1.72. The van der Waals surface area contributed by atoms with Crippen molar-refractivity contribution in [1.29, 1.82) is 0 Å². The van der Waals surface area contributed by atoms with Gasteiger partial charge in [-0.2, -0.15) is 0 Å². The molecule has 256 valence electrons. The summed E-state index contributed by atoms with van der Waals surface area (Å²) in [6.45, 7) is 11.9. The lowest BCUT2D eigenvalue weighted by Gasteiger charge is -2.39. The van der Waals surface area contributed by atoms with Gasteiger partial charge in [-0.3, -0.25) is 9.59 Å². The van der Waals surface area contributed by atoms with Crippen molar-refractivity contribution in [1.82, 2.24) is 5.32 Å². The second-order valence-electron chi connectivity index (χ2n) is 13.8. The van der Waals surface area contributed by atoms with Gasteiger partial charge in [0.25, 0.3) is 0 Å². The molecule has 2 aliphatic carbocycles. The minimum Gasteiger partial charge on any atom is -0.493 e. The fourth-order valence-corrected chi connectivity index (χ4v) is 8.09. The number of methoxy groups -OCH3 is 2. The third kappa shape index (κ3) is 6.81.